The van der Waals surface area contributed by atoms with E-state index in [1.807, 2.05) is 13.8 Å². The molecular formula is C13H14BrFN2O. The molecule has 0 fully saturated rings. The third kappa shape index (κ3) is 3.17. The maximum Gasteiger partial charge on any atom is 0.208 e. The number of nitrogens with zero attached hydrogens (tertiary/aromatic N) is 1. The van der Waals surface area contributed by atoms with Crippen LogP contribution in [0.1, 0.15) is 30.2 Å². The first kappa shape index (κ1) is 13.2. The molecule has 0 aliphatic heterocycles. The van der Waals surface area contributed by atoms with E-state index in [-0.39, 0.29) is 11.9 Å². The van der Waals surface area contributed by atoms with Crippen LogP contribution in [0.15, 0.2) is 33.3 Å². The number of hydrogen-bond acceptors (Lipinski definition) is 3. The molecule has 1 N–H and O–H groups in total. The van der Waals surface area contributed by atoms with Gasteiger partial charge in [0, 0.05) is 16.1 Å². The maximum absolute atomic E-state index is 13.7. The summed E-state index contributed by atoms with van der Waals surface area (Å²) in [6.07, 6.45) is 1.67. The van der Waals surface area contributed by atoms with E-state index in [9.17, 15) is 4.39 Å². The Kier molecular flexibility index (Phi) is 4.14. The summed E-state index contributed by atoms with van der Waals surface area (Å²) in [5.41, 5.74) is 0.618. The smallest absolute Gasteiger partial charge is 0.208 e. The minimum absolute atomic E-state index is 0.116. The summed E-state index contributed by atoms with van der Waals surface area (Å²) in [6.45, 7) is 4.22. The molecule has 18 heavy (non-hydrogen) atoms. The zero-order chi connectivity index (χ0) is 13.1. The number of nitrogens with one attached hydrogen (secondary N) is 1. The monoisotopic (exact) mass is 312 g/mol. The van der Waals surface area contributed by atoms with Crippen molar-refractivity contribution in [3.05, 3.63) is 51.9 Å². The maximum atomic E-state index is 13.7. The van der Waals surface area contributed by atoms with Crippen molar-refractivity contribution in [2.24, 2.45) is 0 Å². The summed E-state index contributed by atoms with van der Waals surface area (Å²) in [6, 6.07) is 4.79. The SMILES string of the molecule is Cc1cnc(CNC(C)c2cc(Br)ccc2F)o1. The summed E-state index contributed by atoms with van der Waals surface area (Å²) >= 11 is 3.34. The highest BCUT2D eigenvalue weighted by molar-refractivity contribution is 9.10. The first-order chi connectivity index (χ1) is 8.56. The van der Waals surface area contributed by atoms with Gasteiger partial charge in [-0.1, -0.05) is 15.9 Å². The normalized spacial score (nSPS) is 12.7. The Balaban J connectivity index is 2.03. The molecule has 0 amide bonds. The minimum Gasteiger partial charge on any atom is -0.445 e. The quantitative estimate of drug-likeness (QED) is 0.934. The van der Waals surface area contributed by atoms with E-state index in [0.717, 1.165) is 10.2 Å². The van der Waals surface area contributed by atoms with Crippen LogP contribution in [0.3, 0.4) is 0 Å². The van der Waals surface area contributed by atoms with E-state index in [4.69, 9.17) is 4.42 Å². The summed E-state index contributed by atoms with van der Waals surface area (Å²) in [7, 11) is 0. The highest BCUT2D eigenvalue weighted by atomic mass is 79.9. The van der Waals surface area contributed by atoms with Crippen molar-refractivity contribution in [1.29, 1.82) is 0 Å². The van der Waals surface area contributed by atoms with Gasteiger partial charge in [-0.2, -0.15) is 0 Å². The number of oxazole rings is 1. The van der Waals surface area contributed by atoms with Gasteiger partial charge in [0.05, 0.1) is 12.7 Å². The topological polar surface area (TPSA) is 38.1 Å². The Labute approximate surface area is 114 Å². The fourth-order valence-electron chi connectivity index (χ4n) is 1.68. The van der Waals surface area contributed by atoms with Crippen LogP contribution >= 0.6 is 15.9 Å². The Morgan fingerprint density at radius 1 is 1.50 bits per heavy atom. The summed E-state index contributed by atoms with van der Waals surface area (Å²) < 4.78 is 19.9. The summed E-state index contributed by atoms with van der Waals surface area (Å²) in [5.74, 6) is 1.16. The van der Waals surface area contributed by atoms with Crippen LogP contribution in [0, 0.1) is 12.7 Å². The van der Waals surface area contributed by atoms with Crippen molar-refractivity contribution < 1.29 is 8.81 Å². The van der Waals surface area contributed by atoms with Crippen LogP contribution in [0.25, 0.3) is 0 Å². The lowest BCUT2D eigenvalue weighted by Gasteiger charge is -2.14. The second-order valence-corrected chi connectivity index (χ2v) is 5.05. The average molecular weight is 313 g/mol. The van der Waals surface area contributed by atoms with Gasteiger partial charge in [-0.15, -0.1) is 0 Å². The predicted octanol–water partition coefficient (Wildman–Crippen LogP) is 3.74. The summed E-state index contributed by atoms with van der Waals surface area (Å²) in [5, 5.41) is 3.18. The average Bonchev–Trinajstić information content (AvgIpc) is 2.75. The fraction of sp³-hybridized carbons (Fsp3) is 0.308. The molecule has 3 nitrogen and oxygen atoms in total. The van der Waals surface area contributed by atoms with E-state index in [0.29, 0.717) is 18.0 Å². The molecule has 2 rings (SSSR count). The van der Waals surface area contributed by atoms with Crippen LogP contribution < -0.4 is 5.32 Å². The highest BCUT2D eigenvalue weighted by Gasteiger charge is 2.12. The number of aromatic nitrogens is 1. The first-order valence-corrected chi connectivity index (χ1v) is 6.45. The molecule has 96 valence electrons. The Morgan fingerprint density at radius 2 is 2.28 bits per heavy atom. The number of hydrogen-bond donors (Lipinski definition) is 1. The van der Waals surface area contributed by atoms with Crippen molar-refractivity contribution in [3.63, 3.8) is 0 Å². The molecule has 0 bridgehead atoms. The van der Waals surface area contributed by atoms with E-state index < -0.39 is 0 Å². The van der Waals surface area contributed by atoms with Gasteiger partial charge in [-0.3, -0.25) is 0 Å². The van der Waals surface area contributed by atoms with Crippen molar-refractivity contribution in [2.45, 2.75) is 26.4 Å². The number of halogens is 2. The van der Waals surface area contributed by atoms with Gasteiger partial charge in [0.1, 0.15) is 11.6 Å². The van der Waals surface area contributed by atoms with Crippen LogP contribution in [0.4, 0.5) is 4.39 Å². The Bertz CT molecular complexity index is 542. The van der Waals surface area contributed by atoms with Crippen molar-refractivity contribution >= 4 is 15.9 Å². The zero-order valence-corrected chi connectivity index (χ0v) is 11.8. The third-order valence-corrected chi connectivity index (χ3v) is 3.15. The van der Waals surface area contributed by atoms with Gasteiger partial charge in [0.2, 0.25) is 5.89 Å². The lowest BCUT2D eigenvalue weighted by molar-refractivity contribution is 0.427. The molecule has 0 aliphatic carbocycles. The lowest BCUT2D eigenvalue weighted by atomic mass is 10.1. The largest absolute Gasteiger partial charge is 0.445 e. The van der Waals surface area contributed by atoms with Gasteiger partial charge in [0.15, 0.2) is 0 Å². The number of rotatable bonds is 4. The molecule has 1 unspecified atom stereocenters. The number of aryl methyl sites for hydroxylation is 1. The van der Waals surface area contributed by atoms with E-state index in [1.54, 1.807) is 18.3 Å². The molecule has 1 atom stereocenters. The zero-order valence-electron chi connectivity index (χ0n) is 10.2. The molecule has 1 aromatic heterocycles. The van der Waals surface area contributed by atoms with Gasteiger partial charge >= 0.3 is 0 Å². The van der Waals surface area contributed by atoms with Crippen molar-refractivity contribution in [3.8, 4) is 0 Å². The van der Waals surface area contributed by atoms with Crippen LogP contribution in [-0.2, 0) is 6.54 Å². The van der Waals surface area contributed by atoms with Crippen molar-refractivity contribution in [1.82, 2.24) is 10.3 Å². The molecule has 0 aliphatic rings. The van der Waals surface area contributed by atoms with Gasteiger partial charge in [-0.25, -0.2) is 9.37 Å². The molecule has 2 aromatic rings. The van der Waals surface area contributed by atoms with Gasteiger partial charge in [-0.05, 0) is 32.0 Å². The highest BCUT2D eigenvalue weighted by Crippen LogP contribution is 2.21. The van der Waals surface area contributed by atoms with Crippen LogP contribution in [-0.4, -0.2) is 4.98 Å². The number of benzene rings is 1. The standard InChI is InChI=1S/C13H14BrFN2O/c1-8-6-17-13(18-8)7-16-9(2)11-5-10(14)3-4-12(11)15/h3-6,9,16H,7H2,1-2H3. The lowest BCUT2D eigenvalue weighted by Crippen LogP contribution is -2.19. The summed E-state index contributed by atoms with van der Waals surface area (Å²) in [4.78, 5) is 4.09. The Morgan fingerprint density at radius 3 is 2.94 bits per heavy atom. The molecule has 0 saturated heterocycles. The third-order valence-electron chi connectivity index (χ3n) is 2.65. The minimum atomic E-state index is -0.221. The van der Waals surface area contributed by atoms with Crippen LogP contribution in [0.2, 0.25) is 0 Å². The molecule has 0 spiro atoms. The van der Waals surface area contributed by atoms with E-state index >= 15 is 0 Å². The van der Waals surface area contributed by atoms with E-state index in [1.165, 1.54) is 6.07 Å². The molecule has 5 heteroatoms. The van der Waals surface area contributed by atoms with Gasteiger partial charge in [0.25, 0.3) is 0 Å². The van der Waals surface area contributed by atoms with E-state index in [2.05, 4.69) is 26.2 Å². The molecular weight excluding hydrogens is 299 g/mol. The molecule has 1 aromatic carbocycles. The van der Waals surface area contributed by atoms with Gasteiger partial charge < -0.3 is 9.73 Å². The predicted molar refractivity (Wildman–Crippen MR) is 70.6 cm³/mol. The Hall–Kier alpha value is -1.20. The van der Waals surface area contributed by atoms with Crippen LogP contribution in [0.5, 0.6) is 0 Å². The second kappa shape index (κ2) is 5.63. The molecule has 0 saturated carbocycles. The van der Waals surface area contributed by atoms with Crippen molar-refractivity contribution in [2.75, 3.05) is 0 Å². The first-order valence-electron chi connectivity index (χ1n) is 5.66. The fourth-order valence-corrected chi connectivity index (χ4v) is 2.06. The molecule has 0 radical (unpaired) electrons. The molecule has 1 heterocycles. The second-order valence-electron chi connectivity index (χ2n) is 4.13.